The van der Waals surface area contributed by atoms with Gasteiger partial charge in [0.05, 0.1) is 6.61 Å². The molecule has 0 unspecified atom stereocenters. The van der Waals surface area contributed by atoms with E-state index in [-0.39, 0.29) is 0 Å². The third kappa shape index (κ3) is 9.69. The molecule has 3 heterocycles. The number of aliphatic hydroxyl groups is 5. The Hall–Kier alpha value is -2.29. The molecule has 278 valence electrons. The monoisotopic (exact) mass is 747 g/mol. The summed E-state index contributed by atoms with van der Waals surface area (Å²) in [6.07, 6.45) is -30.9. The van der Waals surface area contributed by atoms with Gasteiger partial charge in [0.2, 0.25) is 5.91 Å². The average molecular weight is 748 g/mol. The molecule has 48 heavy (non-hydrogen) atoms. The highest BCUT2D eigenvalue weighted by atomic mass is 32.3. The van der Waals surface area contributed by atoms with E-state index < -0.39 is 137 Å². The zero-order valence-electron chi connectivity index (χ0n) is 24.3. The maximum atomic E-state index is 12.1. The highest BCUT2D eigenvalue weighted by molar-refractivity contribution is 7.81. The number of hydrogen-bond donors (Lipinski definition) is 10. The van der Waals surface area contributed by atoms with E-state index >= 15 is 0 Å². The number of rotatable bonds is 13. The normalized spacial score (nSPS) is 41.0. The maximum Gasteiger partial charge on any atom is 0.397 e. The minimum absolute atomic E-state index is 0.890. The van der Waals surface area contributed by atoms with Crippen molar-refractivity contribution in [1.29, 1.82) is 0 Å². The number of carboxylic acid groups (broad SMARTS) is 2. The molecule has 0 aromatic heterocycles. The maximum absolute atomic E-state index is 12.1. The van der Waals surface area contributed by atoms with Crippen molar-refractivity contribution in [2.24, 2.45) is 0 Å². The largest absolute Gasteiger partial charge is 0.479 e. The third-order valence-corrected chi connectivity index (χ3v) is 7.98. The number of aliphatic carboxylic acids is 2. The lowest BCUT2D eigenvalue weighted by molar-refractivity contribution is -0.358. The van der Waals surface area contributed by atoms with E-state index in [0.29, 0.717) is 0 Å². The summed E-state index contributed by atoms with van der Waals surface area (Å²) in [7, 11) is -9.92. The van der Waals surface area contributed by atoms with E-state index in [1.54, 1.807) is 0 Å². The first-order valence-corrected chi connectivity index (χ1v) is 16.0. The van der Waals surface area contributed by atoms with Gasteiger partial charge in [0, 0.05) is 14.0 Å². The molecule has 0 spiro atoms. The summed E-state index contributed by atoms with van der Waals surface area (Å²) in [5.41, 5.74) is 0. The zero-order valence-corrected chi connectivity index (χ0v) is 26.0. The van der Waals surface area contributed by atoms with Crippen LogP contribution in [0.25, 0.3) is 0 Å². The van der Waals surface area contributed by atoms with Crippen LogP contribution >= 0.6 is 0 Å². The van der Waals surface area contributed by atoms with Gasteiger partial charge >= 0.3 is 32.7 Å². The van der Waals surface area contributed by atoms with E-state index in [0.717, 1.165) is 14.0 Å². The lowest BCUT2D eigenvalue weighted by atomic mass is 9.94. The molecule has 0 bridgehead atoms. The molecule has 1 amide bonds. The standard InChI is InChI=1S/C21H33NO24S2/c1-4(23)22-6-7(24)11(43-21-14(46-48(36,37)38)10(27)12(39-2)15(45-21)17(28)29)5(3-40-47(33,34)35)41-20(6)44-13-8(25)9(26)19(32)42-16(13)18(30)31/h5-16,19-21,24-27,32H,3H2,1-2H3,(H,22,23)(H,28,29)(H,30,31)(H,33,34,35)(H,36,37,38)/t5-,6-,7-,8-,9-,10+,11-,12+,13+,14-,15-,16-,19-,20-,21-/m1/s1. The molecule has 0 aliphatic carbocycles. The van der Waals surface area contributed by atoms with E-state index in [9.17, 15) is 71.5 Å². The fourth-order valence-corrected chi connectivity index (χ4v) is 5.82. The highest BCUT2D eigenvalue weighted by Gasteiger charge is 2.57. The van der Waals surface area contributed by atoms with E-state index in [4.69, 9.17) is 33.0 Å². The number of ether oxygens (including phenoxy) is 6. The van der Waals surface area contributed by atoms with Crippen LogP contribution in [0, 0.1) is 0 Å². The number of nitrogens with one attached hydrogen (secondary N) is 1. The predicted molar refractivity (Wildman–Crippen MR) is 140 cm³/mol. The van der Waals surface area contributed by atoms with E-state index in [1.165, 1.54) is 0 Å². The molecule has 25 nitrogen and oxygen atoms in total. The molecule has 27 heteroatoms. The molecule has 3 aliphatic heterocycles. The first-order chi connectivity index (χ1) is 22.1. The van der Waals surface area contributed by atoms with Gasteiger partial charge in [-0.2, -0.15) is 16.8 Å². The summed E-state index contributed by atoms with van der Waals surface area (Å²) in [4.78, 5) is 35.7. The number of carboxylic acids is 2. The molecule has 0 saturated carbocycles. The fraction of sp³-hybridized carbons (Fsp3) is 0.857. The average Bonchev–Trinajstić information content (AvgIpc) is 2.95. The molecule has 0 aromatic rings. The van der Waals surface area contributed by atoms with Crippen LogP contribution in [0.3, 0.4) is 0 Å². The van der Waals surface area contributed by atoms with Crippen LogP contribution in [-0.4, -0.2) is 185 Å². The van der Waals surface area contributed by atoms with Crippen molar-refractivity contribution in [3.63, 3.8) is 0 Å². The van der Waals surface area contributed by atoms with Crippen molar-refractivity contribution in [1.82, 2.24) is 5.32 Å². The number of carbonyl (C=O) groups excluding carboxylic acids is 1. The van der Waals surface area contributed by atoms with Crippen LogP contribution in [0.2, 0.25) is 0 Å². The minimum atomic E-state index is -5.49. The lowest BCUT2D eigenvalue weighted by Gasteiger charge is -2.49. The number of carbonyl (C=O) groups is 3. The van der Waals surface area contributed by atoms with Gasteiger partial charge in [0.15, 0.2) is 37.2 Å². The van der Waals surface area contributed by atoms with Crippen molar-refractivity contribution >= 4 is 38.6 Å². The summed E-state index contributed by atoms with van der Waals surface area (Å²) in [5, 5.41) is 73.6. The third-order valence-electron chi connectivity index (χ3n) is 7.08. The number of amides is 1. The topological polar surface area (TPSA) is 387 Å². The SMILES string of the molecule is CO[C@H]1[C@H](O)[C@@H](OS(=O)(=O)O)[C@H](O[C@H]2[C@H](O)[C@@H](NC(C)=O)[C@@H](O[C@H]3[C@H](O)[C@@H](O)[C@H](O)O[C@H]3C(=O)O)O[C@@H]2COS(=O)(=O)O)O[C@H]1C(=O)O. The van der Waals surface area contributed by atoms with Crippen LogP contribution in [0.1, 0.15) is 6.92 Å². The van der Waals surface area contributed by atoms with Gasteiger partial charge in [-0.05, 0) is 0 Å². The Morgan fingerprint density at radius 2 is 1.27 bits per heavy atom. The Balaban J connectivity index is 2.06. The molecule has 3 aliphatic rings. The number of aliphatic hydroxyl groups excluding tert-OH is 5. The molecule has 3 rings (SSSR count). The van der Waals surface area contributed by atoms with Gasteiger partial charge in [-0.15, -0.1) is 0 Å². The Bertz CT molecular complexity index is 1380. The second-order valence-electron chi connectivity index (χ2n) is 10.4. The van der Waals surface area contributed by atoms with Crippen molar-refractivity contribution in [3.8, 4) is 0 Å². The minimum Gasteiger partial charge on any atom is -0.479 e. The Kier molecular flexibility index (Phi) is 13.1. The van der Waals surface area contributed by atoms with Gasteiger partial charge < -0.3 is 69.5 Å². The zero-order chi connectivity index (χ0) is 36.5. The molecule has 3 saturated heterocycles. The van der Waals surface area contributed by atoms with Gasteiger partial charge in [-0.25, -0.2) is 18.0 Å². The number of hydrogen-bond acceptors (Lipinski definition) is 20. The van der Waals surface area contributed by atoms with E-state index in [2.05, 4.69) is 13.7 Å². The fourth-order valence-electron chi connectivity index (χ4n) is 5.03. The molecular weight excluding hydrogens is 714 g/mol. The molecule has 0 radical (unpaired) electrons. The number of methoxy groups -OCH3 is 1. The first kappa shape index (κ1) is 40.1. The van der Waals surface area contributed by atoms with Crippen molar-refractivity contribution < 1.29 is 113 Å². The van der Waals surface area contributed by atoms with Gasteiger partial charge in [0.1, 0.15) is 54.9 Å². The Morgan fingerprint density at radius 3 is 1.77 bits per heavy atom. The lowest BCUT2D eigenvalue weighted by Crippen LogP contribution is -2.70. The van der Waals surface area contributed by atoms with Crippen LogP contribution in [0.4, 0.5) is 0 Å². The van der Waals surface area contributed by atoms with Crippen LogP contribution in [0.15, 0.2) is 0 Å². The van der Waals surface area contributed by atoms with Crippen molar-refractivity contribution in [3.05, 3.63) is 0 Å². The second kappa shape index (κ2) is 15.7. The summed E-state index contributed by atoms with van der Waals surface area (Å²) in [5.74, 6) is -4.63. The quantitative estimate of drug-likeness (QED) is 0.0782. The van der Waals surface area contributed by atoms with Crippen LogP contribution < -0.4 is 5.32 Å². The highest BCUT2D eigenvalue weighted by Crippen LogP contribution is 2.34. The predicted octanol–water partition coefficient (Wildman–Crippen LogP) is -6.94. The van der Waals surface area contributed by atoms with Crippen LogP contribution in [-0.2, 0) is 72.0 Å². The Labute approximate surface area is 269 Å². The summed E-state index contributed by atoms with van der Waals surface area (Å²) >= 11 is 0. The van der Waals surface area contributed by atoms with Gasteiger partial charge in [-0.1, -0.05) is 0 Å². The van der Waals surface area contributed by atoms with E-state index in [1.807, 2.05) is 0 Å². The van der Waals surface area contributed by atoms with Crippen molar-refractivity contribution in [2.75, 3.05) is 13.7 Å². The summed E-state index contributed by atoms with van der Waals surface area (Å²) in [6.45, 7) is -0.451. The summed E-state index contributed by atoms with van der Waals surface area (Å²) in [6, 6.07) is -1.95. The van der Waals surface area contributed by atoms with Gasteiger partial charge in [-0.3, -0.25) is 13.9 Å². The Morgan fingerprint density at radius 1 is 0.708 bits per heavy atom. The molecule has 10 N–H and O–H groups in total. The molecule has 3 fully saturated rings. The first-order valence-electron chi connectivity index (χ1n) is 13.3. The smallest absolute Gasteiger partial charge is 0.397 e. The molecule has 0 aromatic carbocycles. The molecular formula is C21H33NO24S2. The van der Waals surface area contributed by atoms with Gasteiger partial charge in [0.25, 0.3) is 0 Å². The van der Waals surface area contributed by atoms with Crippen LogP contribution in [0.5, 0.6) is 0 Å². The second-order valence-corrected chi connectivity index (χ2v) is 12.5. The van der Waals surface area contributed by atoms with Crippen molar-refractivity contribution in [2.45, 2.75) is 99.0 Å². The summed E-state index contributed by atoms with van der Waals surface area (Å²) < 4.78 is 104. The molecule has 15 atom stereocenters.